The Morgan fingerprint density at radius 1 is 1.00 bits per heavy atom. The van der Waals surface area contributed by atoms with Crippen LogP contribution in [0.5, 0.6) is 11.6 Å². The summed E-state index contributed by atoms with van der Waals surface area (Å²) >= 11 is 12.2. The Bertz CT molecular complexity index is 1350. The number of nitrogens with one attached hydrogen (secondary N) is 1. The Morgan fingerprint density at radius 3 is 2.31 bits per heavy atom. The molecule has 0 aliphatic carbocycles. The van der Waals surface area contributed by atoms with Crippen LogP contribution in [0, 0.1) is 23.3 Å². The van der Waals surface area contributed by atoms with E-state index in [1.54, 1.807) is 4.72 Å². The van der Waals surface area contributed by atoms with E-state index in [9.17, 15) is 30.8 Å². The second kappa shape index (κ2) is 8.93. The number of rotatable bonds is 5. The Labute approximate surface area is 188 Å². The van der Waals surface area contributed by atoms with Gasteiger partial charge in [-0.1, -0.05) is 23.2 Å². The maximum Gasteiger partial charge on any atom is 0.267 e. The van der Waals surface area contributed by atoms with Gasteiger partial charge in [-0.15, -0.1) is 0 Å². The lowest BCUT2D eigenvalue weighted by Gasteiger charge is -2.11. The first-order chi connectivity index (χ1) is 14.9. The summed E-state index contributed by atoms with van der Waals surface area (Å²) in [6.45, 7) is 0. The number of halogens is 6. The van der Waals surface area contributed by atoms with E-state index >= 15 is 0 Å². The monoisotopic (exact) mass is 508 g/mol. The van der Waals surface area contributed by atoms with Crippen LogP contribution >= 0.6 is 23.2 Å². The minimum Gasteiger partial charge on any atom is -0.434 e. The van der Waals surface area contributed by atoms with E-state index in [-0.39, 0.29) is 27.1 Å². The summed E-state index contributed by atoms with van der Waals surface area (Å²) in [5.41, 5.74) is -0.413. The van der Waals surface area contributed by atoms with E-state index in [0.717, 1.165) is 30.7 Å². The lowest BCUT2D eigenvalue weighted by molar-refractivity contribution is 0.0978. The minimum absolute atomic E-state index is 0.0417. The van der Waals surface area contributed by atoms with Gasteiger partial charge in [0.15, 0.2) is 17.4 Å². The van der Waals surface area contributed by atoms with Gasteiger partial charge in [0.1, 0.15) is 10.8 Å². The highest BCUT2D eigenvalue weighted by Crippen LogP contribution is 2.36. The molecule has 2 aromatic carbocycles. The third-order valence-electron chi connectivity index (χ3n) is 3.90. The van der Waals surface area contributed by atoms with Crippen LogP contribution < -0.4 is 9.46 Å². The van der Waals surface area contributed by atoms with Crippen LogP contribution in [0.4, 0.5) is 17.6 Å². The second-order valence-electron chi connectivity index (χ2n) is 6.30. The van der Waals surface area contributed by atoms with Crippen molar-refractivity contribution in [2.75, 3.05) is 6.26 Å². The first kappa shape index (κ1) is 23.8. The predicted molar refractivity (Wildman–Crippen MR) is 108 cm³/mol. The summed E-state index contributed by atoms with van der Waals surface area (Å²) in [5.74, 6) is -8.05. The number of carbonyl (C=O) groups excluding carboxylic acids is 1. The number of carbonyl (C=O) groups is 1. The van der Waals surface area contributed by atoms with Gasteiger partial charge in [0, 0.05) is 22.3 Å². The zero-order valence-electron chi connectivity index (χ0n) is 15.7. The summed E-state index contributed by atoms with van der Waals surface area (Å²) in [4.78, 5) is 15.7. The first-order valence-electron chi connectivity index (χ1n) is 8.36. The van der Waals surface area contributed by atoms with Crippen LogP contribution in [0.15, 0.2) is 36.5 Å². The number of aromatic nitrogens is 1. The van der Waals surface area contributed by atoms with Crippen LogP contribution in [0.25, 0.3) is 11.1 Å². The molecule has 0 saturated carbocycles. The SMILES string of the molecule is CS(=O)(=O)NC(=O)c1cc(Cl)c(-c2cnc(Oc3ccc(F)c(F)c3F)c(Cl)c2)cc1F. The van der Waals surface area contributed by atoms with Gasteiger partial charge in [-0.25, -0.2) is 31.3 Å². The second-order valence-corrected chi connectivity index (χ2v) is 8.86. The van der Waals surface area contributed by atoms with Gasteiger partial charge in [-0.05, 0) is 30.3 Å². The average molecular weight is 509 g/mol. The third-order valence-corrected chi connectivity index (χ3v) is 5.04. The van der Waals surface area contributed by atoms with Crippen molar-refractivity contribution in [3.05, 3.63) is 75.4 Å². The number of hydrogen-bond donors (Lipinski definition) is 1. The van der Waals surface area contributed by atoms with Gasteiger partial charge in [0.2, 0.25) is 21.7 Å². The van der Waals surface area contributed by atoms with Crippen molar-refractivity contribution in [1.82, 2.24) is 9.71 Å². The normalized spacial score (nSPS) is 11.3. The van der Waals surface area contributed by atoms with Crippen molar-refractivity contribution < 1.29 is 35.5 Å². The molecule has 0 aliphatic rings. The lowest BCUT2D eigenvalue weighted by atomic mass is 10.0. The van der Waals surface area contributed by atoms with Crippen molar-refractivity contribution in [3.63, 3.8) is 0 Å². The highest BCUT2D eigenvalue weighted by Gasteiger charge is 2.20. The topological polar surface area (TPSA) is 85.4 Å². The van der Waals surface area contributed by atoms with Crippen LogP contribution in [0.3, 0.4) is 0 Å². The predicted octanol–water partition coefficient (Wildman–Crippen LogP) is 5.09. The zero-order chi connectivity index (χ0) is 23.8. The average Bonchev–Trinajstić information content (AvgIpc) is 2.69. The third kappa shape index (κ3) is 5.12. The van der Waals surface area contributed by atoms with E-state index in [1.807, 2.05) is 0 Å². The first-order valence-corrected chi connectivity index (χ1v) is 11.0. The van der Waals surface area contributed by atoms with Gasteiger partial charge in [0.25, 0.3) is 5.91 Å². The van der Waals surface area contributed by atoms with E-state index in [4.69, 9.17) is 27.9 Å². The maximum atomic E-state index is 14.4. The van der Waals surface area contributed by atoms with Crippen LogP contribution in [0.1, 0.15) is 10.4 Å². The van der Waals surface area contributed by atoms with Gasteiger partial charge < -0.3 is 4.74 Å². The highest BCUT2D eigenvalue weighted by atomic mass is 35.5. The Balaban J connectivity index is 1.93. The van der Waals surface area contributed by atoms with Gasteiger partial charge in [-0.2, -0.15) is 4.39 Å². The molecule has 0 unspecified atom stereocenters. The fourth-order valence-electron chi connectivity index (χ4n) is 2.50. The number of pyridine rings is 1. The zero-order valence-corrected chi connectivity index (χ0v) is 18.0. The number of amides is 1. The summed E-state index contributed by atoms with van der Waals surface area (Å²) in [6, 6.07) is 4.49. The van der Waals surface area contributed by atoms with Crippen LogP contribution in [0.2, 0.25) is 10.0 Å². The molecular weight excluding hydrogens is 499 g/mol. The molecule has 0 atom stereocenters. The molecule has 1 N–H and O–H groups in total. The summed E-state index contributed by atoms with van der Waals surface area (Å²) < 4.78 is 83.6. The summed E-state index contributed by atoms with van der Waals surface area (Å²) in [7, 11) is -3.93. The fraction of sp³-hybridized carbons (Fsp3) is 0.0526. The maximum absolute atomic E-state index is 14.4. The fourth-order valence-corrected chi connectivity index (χ4v) is 3.43. The highest BCUT2D eigenvalue weighted by molar-refractivity contribution is 7.89. The molecule has 168 valence electrons. The van der Waals surface area contributed by atoms with E-state index in [1.165, 1.54) is 6.07 Å². The Morgan fingerprint density at radius 2 is 1.69 bits per heavy atom. The van der Waals surface area contributed by atoms with Crippen molar-refractivity contribution >= 4 is 39.1 Å². The standard InChI is InChI=1S/C19H10Cl2F4N2O4S/c1-32(29,30)27-18(28)10-5-11(20)9(6-14(10)23)8-4-12(21)19(26-7-8)31-15-3-2-13(22)16(24)17(15)25/h2-7H,1H3,(H,27,28). The molecule has 0 fully saturated rings. The van der Waals surface area contributed by atoms with Crippen molar-refractivity contribution in [1.29, 1.82) is 0 Å². The quantitative estimate of drug-likeness (QED) is 0.383. The molecule has 3 rings (SSSR count). The number of benzene rings is 2. The molecule has 0 radical (unpaired) electrons. The molecule has 1 heterocycles. The molecule has 1 aromatic heterocycles. The van der Waals surface area contributed by atoms with Crippen molar-refractivity contribution in [2.45, 2.75) is 0 Å². The molecule has 1 amide bonds. The molecule has 32 heavy (non-hydrogen) atoms. The number of sulfonamides is 1. The Hall–Kier alpha value is -2.89. The van der Waals surface area contributed by atoms with E-state index < -0.39 is 50.5 Å². The molecule has 3 aromatic rings. The van der Waals surface area contributed by atoms with E-state index in [0.29, 0.717) is 6.07 Å². The molecular formula is C19H10Cl2F4N2O4S. The lowest BCUT2D eigenvalue weighted by Crippen LogP contribution is -2.30. The molecule has 0 spiro atoms. The summed E-state index contributed by atoms with van der Waals surface area (Å²) in [6.07, 6.45) is 1.85. The molecule has 0 bridgehead atoms. The van der Waals surface area contributed by atoms with Crippen LogP contribution in [-0.2, 0) is 10.0 Å². The smallest absolute Gasteiger partial charge is 0.267 e. The minimum atomic E-state index is -3.93. The number of ether oxygens (including phenoxy) is 1. The van der Waals surface area contributed by atoms with Gasteiger partial charge >= 0.3 is 0 Å². The molecule has 0 aliphatic heterocycles. The van der Waals surface area contributed by atoms with Crippen molar-refractivity contribution in [3.8, 4) is 22.8 Å². The largest absolute Gasteiger partial charge is 0.434 e. The molecule has 6 nitrogen and oxygen atoms in total. The van der Waals surface area contributed by atoms with Crippen molar-refractivity contribution in [2.24, 2.45) is 0 Å². The molecule has 0 saturated heterocycles. The summed E-state index contributed by atoms with van der Waals surface area (Å²) in [5, 5.41) is -0.342. The number of nitrogens with zero attached hydrogens (tertiary/aromatic N) is 1. The number of hydrogen-bond acceptors (Lipinski definition) is 5. The van der Waals surface area contributed by atoms with Gasteiger partial charge in [-0.3, -0.25) is 4.79 Å². The van der Waals surface area contributed by atoms with E-state index in [2.05, 4.69) is 4.98 Å². The molecule has 13 heteroatoms. The Kier molecular flexibility index (Phi) is 6.63. The van der Waals surface area contributed by atoms with Crippen LogP contribution in [-0.4, -0.2) is 25.6 Å². The van der Waals surface area contributed by atoms with Gasteiger partial charge in [0.05, 0.1) is 11.8 Å².